The highest BCUT2D eigenvalue weighted by atomic mass is 19.1. The number of rotatable bonds is 6. The van der Waals surface area contributed by atoms with E-state index in [1.54, 1.807) is 12.1 Å². The molecule has 0 aromatic heterocycles. The summed E-state index contributed by atoms with van der Waals surface area (Å²) in [5.74, 6) is -0.378. The zero-order valence-electron chi connectivity index (χ0n) is 17.2. The lowest BCUT2D eigenvalue weighted by Gasteiger charge is -2.34. The molecule has 2 aromatic rings. The number of quaternary nitrogens is 1. The first-order valence-electron chi connectivity index (χ1n) is 10.5. The monoisotopic (exact) mass is 411 g/mol. The van der Waals surface area contributed by atoms with E-state index in [-0.39, 0.29) is 17.8 Å². The number of piperazine rings is 1. The van der Waals surface area contributed by atoms with Gasteiger partial charge in [-0.2, -0.15) is 0 Å². The van der Waals surface area contributed by atoms with E-state index in [1.807, 2.05) is 48.2 Å². The van der Waals surface area contributed by atoms with Crippen molar-refractivity contribution in [2.75, 3.05) is 37.7 Å². The number of carbonyl (C=O) groups excluding carboxylic acids is 2. The molecule has 30 heavy (non-hydrogen) atoms. The Hall–Kier alpha value is -2.93. The number of para-hydroxylation sites is 1. The van der Waals surface area contributed by atoms with Crippen molar-refractivity contribution < 1.29 is 18.9 Å². The highest BCUT2D eigenvalue weighted by molar-refractivity contribution is 6.06. The van der Waals surface area contributed by atoms with Crippen LogP contribution < -0.4 is 15.1 Å². The van der Waals surface area contributed by atoms with Gasteiger partial charge in [0.2, 0.25) is 0 Å². The second kappa shape index (κ2) is 8.44. The Morgan fingerprint density at radius 1 is 1.03 bits per heavy atom. The third-order valence-corrected chi connectivity index (χ3v) is 6.15. The van der Waals surface area contributed by atoms with Crippen molar-refractivity contribution in [2.24, 2.45) is 0 Å². The van der Waals surface area contributed by atoms with Gasteiger partial charge in [-0.15, -0.1) is 0 Å². The molecule has 2 aliphatic heterocycles. The van der Waals surface area contributed by atoms with Gasteiger partial charge in [-0.3, -0.25) is 4.79 Å². The Bertz CT molecular complexity index is 914. The molecule has 0 aliphatic carbocycles. The molecule has 2 saturated heterocycles. The summed E-state index contributed by atoms with van der Waals surface area (Å²) < 4.78 is 14.0. The third-order valence-electron chi connectivity index (χ3n) is 6.15. The fourth-order valence-electron chi connectivity index (χ4n) is 4.25. The summed E-state index contributed by atoms with van der Waals surface area (Å²) in [5, 5.41) is 2.90. The topological polar surface area (TPSA) is 57.1 Å². The average Bonchev–Trinajstić information content (AvgIpc) is 2.97. The summed E-state index contributed by atoms with van der Waals surface area (Å²) in [4.78, 5) is 30.1. The van der Waals surface area contributed by atoms with E-state index in [0.717, 1.165) is 30.0 Å². The molecular weight excluding hydrogens is 383 g/mol. The predicted octanol–water partition coefficient (Wildman–Crippen LogP) is 1.43. The minimum atomic E-state index is -0.874. The number of amides is 3. The number of urea groups is 1. The van der Waals surface area contributed by atoms with Crippen molar-refractivity contribution in [2.45, 2.75) is 25.3 Å². The van der Waals surface area contributed by atoms with Gasteiger partial charge in [-0.05, 0) is 37.5 Å². The summed E-state index contributed by atoms with van der Waals surface area (Å²) in [6, 6.07) is 16.4. The highest BCUT2D eigenvalue weighted by Crippen LogP contribution is 2.23. The number of nitrogens with one attached hydrogen (secondary N) is 2. The number of benzene rings is 2. The van der Waals surface area contributed by atoms with Crippen molar-refractivity contribution in [1.29, 1.82) is 0 Å². The van der Waals surface area contributed by atoms with E-state index in [2.05, 4.69) is 5.32 Å². The Morgan fingerprint density at radius 2 is 1.70 bits per heavy atom. The van der Waals surface area contributed by atoms with Crippen LogP contribution in [-0.4, -0.2) is 55.2 Å². The summed E-state index contributed by atoms with van der Waals surface area (Å²) in [6.45, 7) is 5.01. The largest absolute Gasteiger partial charge is 0.358 e. The van der Waals surface area contributed by atoms with E-state index in [4.69, 9.17) is 0 Å². The zero-order valence-corrected chi connectivity index (χ0v) is 17.2. The van der Waals surface area contributed by atoms with Crippen LogP contribution in [0.1, 0.15) is 18.9 Å². The van der Waals surface area contributed by atoms with Crippen molar-refractivity contribution >= 4 is 17.6 Å². The molecule has 0 unspecified atom stereocenters. The average molecular weight is 412 g/mol. The Labute approximate surface area is 176 Å². The van der Waals surface area contributed by atoms with E-state index in [9.17, 15) is 14.0 Å². The van der Waals surface area contributed by atoms with E-state index in [0.29, 0.717) is 31.9 Å². The fraction of sp³-hybridized carbons (Fsp3) is 0.391. The van der Waals surface area contributed by atoms with Gasteiger partial charge in [0.05, 0.1) is 31.9 Å². The SMILES string of the molecule is C[C@@]1(CCc2ccccc2)NC(=O)N(C[NH+]2CCN(c3ccccc3F)CC2)C1=O. The van der Waals surface area contributed by atoms with Gasteiger partial charge in [-0.25, -0.2) is 14.1 Å². The molecule has 0 bridgehead atoms. The molecule has 4 rings (SSSR count). The van der Waals surface area contributed by atoms with Crippen LogP contribution in [0.15, 0.2) is 54.6 Å². The zero-order chi connectivity index (χ0) is 21.1. The van der Waals surface area contributed by atoms with Gasteiger partial charge in [0.15, 0.2) is 6.67 Å². The van der Waals surface area contributed by atoms with Crippen LogP contribution in [0, 0.1) is 5.82 Å². The van der Waals surface area contributed by atoms with E-state index in [1.165, 1.54) is 11.0 Å². The van der Waals surface area contributed by atoms with Crippen LogP contribution in [0.3, 0.4) is 0 Å². The molecule has 2 fully saturated rings. The number of carbonyl (C=O) groups is 2. The molecule has 2 aromatic carbocycles. The number of aryl methyl sites for hydroxylation is 1. The Balaban J connectivity index is 1.33. The number of nitrogens with zero attached hydrogens (tertiary/aromatic N) is 2. The van der Waals surface area contributed by atoms with E-state index < -0.39 is 5.54 Å². The van der Waals surface area contributed by atoms with E-state index >= 15 is 0 Å². The van der Waals surface area contributed by atoms with Gasteiger partial charge in [0, 0.05) is 0 Å². The van der Waals surface area contributed by atoms with Crippen molar-refractivity contribution in [1.82, 2.24) is 10.2 Å². The first kappa shape index (κ1) is 20.3. The second-order valence-electron chi connectivity index (χ2n) is 8.33. The first-order chi connectivity index (χ1) is 14.5. The summed E-state index contributed by atoms with van der Waals surface area (Å²) in [7, 11) is 0. The fourth-order valence-corrected chi connectivity index (χ4v) is 4.25. The lowest BCUT2D eigenvalue weighted by Crippen LogP contribution is -3.16. The van der Waals surface area contributed by atoms with Gasteiger partial charge in [-0.1, -0.05) is 42.5 Å². The molecule has 1 atom stereocenters. The van der Waals surface area contributed by atoms with Crippen LogP contribution in [0.5, 0.6) is 0 Å². The number of hydrogen-bond acceptors (Lipinski definition) is 3. The Morgan fingerprint density at radius 3 is 2.40 bits per heavy atom. The minimum absolute atomic E-state index is 0.160. The number of halogens is 1. The molecule has 2 heterocycles. The minimum Gasteiger partial charge on any atom is -0.358 e. The van der Waals surface area contributed by atoms with Crippen molar-refractivity contribution in [3.05, 3.63) is 66.0 Å². The lowest BCUT2D eigenvalue weighted by molar-refractivity contribution is -0.907. The predicted molar refractivity (Wildman–Crippen MR) is 113 cm³/mol. The molecule has 0 spiro atoms. The van der Waals surface area contributed by atoms with Crippen LogP contribution in [0.4, 0.5) is 14.9 Å². The standard InChI is InChI=1S/C23H27FN4O2/c1-23(12-11-18-7-3-2-4-8-18)21(29)28(22(30)25-23)17-26-13-15-27(16-14-26)20-10-6-5-9-19(20)24/h2-10H,11-17H2,1H3,(H,25,30)/p+1/t23-/m0/s1. The van der Waals surface area contributed by atoms with Gasteiger partial charge in [0.25, 0.3) is 5.91 Å². The number of anilines is 1. The smallest absolute Gasteiger partial charge is 0.329 e. The molecule has 0 radical (unpaired) electrons. The normalized spacial score (nSPS) is 22.5. The number of hydrogen-bond donors (Lipinski definition) is 2. The van der Waals surface area contributed by atoms with Crippen molar-refractivity contribution in [3.8, 4) is 0 Å². The highest BCUT2D eigenvalue weighted by Gasteiger charge is 2.48. The summed E-state index contributed by atoms with van der Waals surface area (Å²) in [6.07, 6.45) is 1.29. The quantitative estimate of drug-likeness (QED) is 0.708. The van der Waals surface area contributed by atoms with Gasteiger partial charge < -0.3 is 15.1 Å². The second-order valence-corrected chi connectivity index (χ2v) is 8.33. The maximum atomic E-state index is 14.0. The number of imide groups is 1. The molecule has 2 aliphatic rings. The molecule has 3 amide bonds. The van der Waals surface area contributed by atoms with Crippen LogP contribution in [0.25, 0.3) is 0 Å². The van der Waals surface area contributed by atoms with Crippen LogP contribution in [-0.2, 0) is 11.2 Å². The Kier molecular flexibility index (Phi) is 5.72. The van der Waals surface area contributed by atoms with Crippen LogP contribution >= 0.6 is 0 Å². The van der Waals surface area contributed by atoms with Crippen LogP contribution in [0.2, 0.25) is 0 Å². The molecule has 158 valence electrons. The summed E-state index contributed by atoms with van der Waals surface area (Å²) in [5.41, 5.74) is 0.885. The maximum absolute atomic E-state index is 14.0. The van der Waals surface area contributed by atoms with Gasteiger partial charge in [0.1, 0.15) is 11.4 Å². The lowest BCUT2D eigenvalue weighted by atomic mass is 9.93. The molecule has 2 N–H and O–H groups in total. The molecule has 0 saturated carbocycles. The maximum Gasteiger partial charge on any atom is 0.329 e. The third kappa shape index (κ3) is 4.16. The van der Waals surface area contributed by atoms with Gasteiger partial charge >= 0.3 is 6.03 Å². The molecule has 6 nitrogen and oxygen atoms in total. The van der Waals surface area contributed by atoms with Crippen molar-refractivity contribution in [3.63, 3.8) is 0 Å². The molecular formula is C23H28FN4O2+. The summed E-state index contributed by atoms with van der Waals surface area (Å²) >= 11 is 0. The molecule has 7 heteroatoms. The first-order valence-corrected chi connectivity index (χ1v) is 10.5.